The maximum Gasteiger partial charge on any atom is 0.228 e. The summed E-state index contributed by atoms with van der Waals surface area (Å²) >= 11 is 0. The standard InChI is InChI=1S/C21H22N6O2/c1-15-10-20-26(8-3-9-27(20)25-15)21(29)6-5-18(28)11-17-13-24-19(14-23-17)16-4-2-7-22-12-16/h2,4,7,10,12-14H,3,5-6,8-9,11H2,1H3. The number of carbonyl (C=O) groups excluding carboxylic acids is 2. The molecule has 0 saturated carbocycles. The van der Waals surface area contributed by atoms with E-state index in [2.05, 4.69) is 20.1 Å². The smallest absolute Gasteiger partial charge is 0.228 e. The maximum atomic E-state index is 12.6. The van der Waals surface area contributed by atoms with Gasteiger partial charge in [-0.15, -0.1) is 0 Å². The number of ketones is 1. The molecule has 4 heterocycles. The SMILES string of the molecule is Cc1cc2n(n1)CCCN2C(=O)CCC(=O)Cc1cnc(-c2cccnc2)cn1. The van der Waals surface area contributed by atoms with E-state index in [1.807, 2.05) is 29.8 Å². The van der Waals surface area contributed by atoms with Gasteiger partial charge in [0.2, 0.25) is 5.91 Å². The van der Waals surface area contributed by atoms with Gasteiger partial charge in [0.25, 0.3) is 0 Å². The van der Waals surface area contributed by atoms with Gasteiger partial charge in [0, 0.05) is 56.2 Å². The van der Waals surface area contributed by atoms with Crippen LogP contribution < -0.4 is 4.90 Å². The normalized spacial score (nSPS) is 13.2. The molecule has 8 nitrogen and oxygen atoms in total. The van der Waals surface area contributed by atoms with E-state index in [1.54, 1.807) is 29.7 Å². The Hall–Kier alpha value is -3.42. The third-order valence-electron chi connectivity index (χ3n) is 4.87. The highest BCUT2D eigenvalue weighted by atomic mass is 16.2. The zero-order valence-electron chi connectivity index (χ0n) is 16.3. The zero-order chi connectivity index (χ0) is 20.2. The van der Waals surface area contributed by atoms with Gasteiger partial charge in [0.05, 0.1) is 29.7 Å². The van der Waals surface area contributed by atoms with E-state index >= 15 is 0 Å². The Morgan fingerprint density at radius 2 is 2.00 bits per heavy atom. The Morgan fingerprint density at radius 3 is 2.76 bits per heavy atom. The number of carbonyl (C=O) groups is 2. The first-order chi connectivity index (χ1) is 14.1. The Balaban J connectivity index is 1.32. The number of amides is 1. The molecule has 1 aliphatic heterocycles. The lowest BCUT2D eigenvalue weighted by Crippen LogP contribution is -2.37. The van der Waals surface area contributed by atoms with Gasteiger partial charge < -0.3 is 0 Å². The van der Waals surface area contributed by atoms with E-state index in [9.17, 15) is 9.59 Å². The molecule has 3 aromatic heterocycles. The van der Waals surface area contributed by atoms with Gasteiger partial charge in [-0.05, 0) is 25.5 Å². The van der Waals surface area contributed by atoms with Crippen LogP contribution in [0.2, 0.25) is 0 Å². The van der Waals surface area contributed by atoms with E-state index in [1.165, 1.54) is 0 Å². The molecule has 0 fully saturated rings. The summed E-state index contributed by atoms with van der Waals surface area (Å²) in [5.41, 5.74) is 3.08. The number of anilines is 1. The van der Waals surface area contributed by atoms with E-state index in [-0.39, 0.29) is 31.0 Å². The summed E-state index contributed by atoms with van der Waals surface area (Å²) in [5, 5.41) is 4.40. The van der Waals surface area contributed by atoms with Gasteiger partial charge in [0.1, 0.15) is 11.6 Å². The van der Waals surface area contributed by atoms with Gasteiger partial charge in [-0.2, -0.15) is 5.10 Å². The van der Waals surface area contributed by atoms with Crippen LogP contribution in [0, 0.1) is 6.92 Å². The molecule has 1 aliphatic rings. The first-order valence-corrected chi connectivity index (χ1v) is 9.68. The minimum Gasteiger partial charge on any atom is -0.299 e. The molecule has 0 radical (unpaired) electrons. The first kappa shape index (κ1) is 18.9. The number of hydrogen-bond acceptors (Lipinski definition) is 6. The lowest BCUT2D eigenvalue weighted by Gasteiger charge is -2.27. The quantitative estimate of drug-likeness (QED) is 0.641. The summed E-state index contributed by atoms with van der Waals surface area (Å²) in [6.07, 6.45) is 8.07. The summed E-state index contributed by atoms with van der Waals surface area (Å²) < 4.78 is 1.86. The molecule has 0 bridgehead atoms. The number of hydrogen-bond donors (Lipinski definition) is 0. The summed E-state index contributed by atoms with van der Waals surface area (Å²) in [6.45, 7) is 3.40. The lowest BCUT2D eigenvalue weighted by atomic mass is 10.1. The van der Waals surface area contributed by atoms with Gasteiger partial charge in [-0.25, -0.2) is 4.68 Å². The summed E-state index contributed by atoms with van der Waals surface area (Å²) in [5.74, 6) is 0.753. The summed E-state index contributed by atoms with van der Waals surface area (Å²) in [4.78, 5) is 39.4. The molecule has 0 aliphatic carbocycles. The van der Waals surface area contributed by atoms with E-state index in [0.29, 0.717) is 17.9 Å². The third-order valence-corrected chi connectivity index (χ3v) is 4.87. The monoisotopic (exact) mass is 390 g/mol. The number of fused-ring (bicyclic) bond motifs is 1. The molecule has 0 aromatic carbocycles. The van der Waals surface area contributed by atoms with Crippen molar-refractivity contribution in [3.05, 3.63) is 54.4 Å². The highest BCUT2D eigenvalue weighted by Crippen LogP contribution is 2.22. The fourth-order valence-electron chi connectivity index (χ4n) is 3.44. The Labute approximate surface area is 168 Å². The Morgan fingerprint density at radius 1 is 1.10 bits per heavy atom. The van der Waals surface area contributed by atoms with Crippen molar-refractivity contribution in [2.45, 2.75) is 39.2 Å². The average molecular weight is 390 g/mol. The molecule has 0 N–H and O–H groups in total. The predicted molar refractivity (Wildman–Crippen MR) is 107 cm³/mol. The van der Waals surface area contributed by atoms with Crippen molar-refractivity contribution in [2.75, 3.05) is 11.4 Å². The molecule has 0 spiro atoms. The number of nitrogens with zero attached hydrogens (tertiary/aromatic N) is 6. The topological polar surface area (TPSA) is 93.9 Å². The van der Waals surface area contributed by atoms with Crippen LogP contribution in [0.15, 0.2) is 43.0 Å². The molecule has 29 heavy (non-hydrogen) atoms. The van der Waals surface area contributed by atoms with Crippen molar-refractivity contribution in [2.24, 2.45) is 0 Å². The van der Waals surface area contributed by atoms with E-state index < -0.39 is 0 Å². The zero-order valence-corrected chi connectivity index (χ0v) is 16.3. The van der Waals surface area contributed by atoms with Crippen molar-refractivity contribution in [3.8, 4) is 11.3 Å². The van der Waals surface area contributed by atoms with Gasteiger partial charge >= 0.3 is 0 Å². The number of aromatic nitrogens is 5. The van der Waals surface area contributed by atoms with Crippen molar-refractivity contribution in [1.29, 1.82) is 0 Å². The van der Waals surface area contributed by atoms with E-state index in [4.69, 9.17) is 0 Å². The van der Waals surface area contributed by atoms with Crippen LogP contribution in [-0.4, -0.2) is 43.0 Å². The van der Waals surface area contributed by atoms with Crippen LogP contribution in [0.1, 0.15) is 30.7 Å². The predicted octanol–water partition coefficient (Wildman–Crippen LogP) is 2.37. The summed E-state index contributed by atoms with van der Waals surface area (Å²) in [7, 11) is 0. The second-order valence-corrected chi connectivity index (χ2v) is 7.12. The van der Waals surface area contributed by atoms with Crippen LogP contribution in [0.3, 0.4) is 0 Å². The third kappa shape index (κ3) is 4.37. The lowest BCUT2D eigenvalue weighted by molar-refractivity contribution is -0.123. The number of Topliss-reactive ketones (excluding diaryl/α,β-unsaturated/α-hetero) is 1. The Kier molecular flexibility index (Phi) is 5.41. The van der Waals surface area contributed by atoms with Gasteiger partial charge in [0.15, 0.2) is 0 Å². The minimum absolute atomic E-state index is 0.0246. The highest BCUT2D eigenvalue weighted by Gasteiger charge is 2.24. The second-order valence-electron chi connectivity index (χ2n) is 7.12. The maximum absolute atomic E-state index is 12.6. The molecule has 1 amide bonds. The molecule has 0 saturated heterocycles. The minimum atomic E-state index is -0.0443. The van der Waals surface area contributed by atoms with Crippen LogP contribution in [-0.2, 0) is 22.6 Å². The van der Waals surface area contributed by atoms with Gasteiger partial charge in [-0.3, -0.25) is 29.4 Å². The highest BCUT2D eigenvalue weighted by molar-refractivity contribution is 5.95. The molecule has 8 heteroatoms. The molecule has 148 valence electrons. The number of rotatable bonds is 6. The molecular weight excluding hydrogens is 368 g/mol. The van der Waals surface area contributed by atoms with Crippen molar-refractivity contribution in [1.82, 2.24) is 24.7 Å². The second kappa shape index (κ2) is 8.30. The largest absolute Gasteiger partial charge is 0.299 e. The van der Waals surface area contributed by atoms with Gasteiger partial charge in [-0.1, -0.05) is 0 Å². The average Bonchev–Trinajstić information content (AvgIpc) is 3.13. The molecule has 0 unspecified atom stereocenters. The fourth-order valence-corrected chi connectivity index (χ4v) is 3.44. The molecule has 0 atom stereocenters. The van der Waals surface area contributed by atoms with Crippen LogP contribution in [0.25, 0.3) is 11.3 Å². The summed E-state index contributed by atoms with van der Waals surface area (Å²) in [6, 6.07) is 5.65. The first-order valence-electron chi connectivity index (χ1n) is 9.68. The van der Waals surface area contributed by atoms with Crippen LogP contribution >= 0.6 is 0 Å². The molecular formula is C21H22N6O2. The molecule has 3 aromatic rings. The van der Waals surface area contributed by atoms with E-state index in [0.717, 1.165) is 30.0 Å². The fraction of sp³-hybridized carbons (Fsp3) is 0.333. The number of pyridine rings is 1. The van der Waals surface area contributed by atoms with Crippen molar-refractivity contribution in [3.63, 3.8) is 0 Å². The van der Waals surface area contributed by atoms with Crippen LogP contribution in [0.4, 0.5) is 5.82 Å². The Bertz CT molecular complexity index is 1010. The van der Waals surface area contributed by atoms with Crippen molar-refractivity contribution >= 4 is 17.5 Å². The molecule has 4 rings (SSSR count). The number of aryl methyl sites for hydroxylation is 2. The van der Waals surface area contributed by atoms with Crippen molar-refractivity contribution < 1.29 is 9.59 Å². The van der Waals surface area contributed by atoms with Crippen LogP contribution in [0.5, 0.6) is 0 Å².